The van der Waals surface area contributed by atoms with Crippen molar-refractivity contribution in [3.8, 4) is 0 Å². The molecule has 0 radical (unpaired) electrons. The van der Waals surface area contributed by atoms with E-state index in [2.05, 4.69) is 6.92 Å². The first-order chi connectivity index (χ1) is 4.79. The zero-order chi connectivity index (χ0) is 7.98. The molecule has 60 valence electrons. The Hall–Kier alpha value is -0.330. The van der Waals surface area contributed by atoms with E-state index in [1.165, 1.54) is 5.57 Å². The van der Waals surface area contributed by atoms with Crippen LogP contribution in [0.15, 0.2) is 11.6 Å². The molecule has 0 amide bonds. The largest absolute Gasteiger partial charge is 0.247 e. The van der Waals surface area contributed by atoms with Crippen molar-refractivity contribution < 1.29 is 4.39 Å². The fraction of sp³-hybridized carbons (Fsp3) is 0.778. The van der Waals surface area contributed by atoms with Gasteiger partial charge in [0.2, 0.25) is 0 Å². The Kier molecular flexibility index (Phi) is 5.27. The van der Waals surface area contributed by atoms with E-state index >= 15 is 0 Å². The summed E-state index contributed by atoms with van der Waals surface area (Å²) in [5, 5.41) is 0. The number of halogens is 1. The first kappa shape index (κ1) is 9.67. The van der Waals surface area contributed by atoms with Crippen molar-refractivity contribution in [3.05, 3.63) is 11.6 Å². The van der Waals surface area contributed by atoms with Crippen LogP contribution in [-0.2, 0) is 0 Å². The summed E-state index contributed by atoms with van der Waals surface area (Å²) in [6.07, 6.45) is 3.78. The van der Waals surface area contributed by atoms with Gasteiger partial charge in [-0.1, -0.05) is 25.5 Å². The van der Waals surface area contributed by atoms with Crippen molar-refractivity contribution in [3.63, 3.8) is 0 Å². The third-order valence-electron chi connectivity index (χ3n) is 1.57. The zero-order valence-electron chi connectivity index (χ0n) is 7.15. The summed E-state index contributed by atoms with van der Waals surface area (Å²) in [5.74, 6) is 0. The number of hydrogen-bond donors (Lipinski definition) is 0. The average molecular weight is 144 g/mol. The average Bonchev–Trinajstić information content (AvgIpc) is 2.00. The van der Waals surface area contributed by atoms with E-state index in [0.717, 1.165) is 12.8 Å². The second-order valence-corrected chi connectivity index (χ2v) is 2.42. The van der Waals surface area contributed by atoms with Crippen LogP contribution in [0.3, 0.4) is 0 Å². The van der Waals surface area contributed by atoms with Gasteiger partial charge in [-0.05, 0) is 26.2 Å². The van der Waals surface area contributed by atoms with Crippen LogP contribution < -0.4 is 0 Å². The van der Waals surface area contributed by atoms with Crippen LogP contribution in [0.5, 0.6) is 0 Å². The van der Waals surface area contributed by atoms with Gasteiger partial charge in [-0.15, -0.1) is 0 Å². The molecule has 0 aliphatic heterocycles. The van der Waals surface area contributed by atoms with Crippen LogP contribution in [0.25, 0.3) is 0 Å². The van der Waals surface area contributed by atoms with Gasteiger partial charge in [0, 0.05) is 0 Å². The maximum Gasteiger partial charge on any atom is 0.104 e. The number of hydrogen-bond acceptors (Lipinski definition) is 0. The first-order valence-electron chi connectivity index (χ1n) is 4.09. The van der Waals surface area contributed by atoms with Gasteiger partial charge in [0.05, 0.1) is 0 Å². The highest BCUT2D eigenvalue weighted by molar-refractivity contribution is 5.02. The highest BCUT2D eigenvalue weighted by Gasteiger charge is 2.08. The molecular weight excluding hydrogens is 127 g/mol. The van der Waals surface area contributed by atoms with Crippen molar-refractivity contribution in [2.45, 2.75) is 46.2 Å². The predicted molar refractivity (Wildman–Crippen MR) is 43.9 cm³/mol. The van der Waals surface area contributed by atoms with Crippen molar-refractivity contribution in [2.75, 3.05) is 0 Å². The van der Waals surface area contributed by atoms with E-state index < -0.39 is 6.17 Å². The van der Waals surface area contributed by atoms with Gasteiger partial charge in [0.25, 0.3) is 0 Å². The van der Waals surface area contributed by atoms with Crippen LogP contribution in [0.4, 0.5) is 4.39 Å². The quantitative estimate of drug-likeness (QED) is 0.456. The van der Waals surface area contributed by atoms with E-state index in [1.807, 2.05) is 19.9 Å². The summed E-state index contributed by atoms with van der Waals surface area (Å²) in [7, 11) is 0. The van der Waals surface area contributed by atoms with E-state index in [9.17, 15) is 4.39 Å². The lowest BCUT2D eigenvalue weighted by Gasteiger charge is -2.11. The summed E-state index contributed by atoms with van der Waals surface area (Å²) in [6, 6.07) is 0. The standard InChI is InChI=1S/C7H11F.C2H6/c1-6-2-4-7(8)5-3-6;1-2/h2,7H,3-5H2,1H3;1-2H3. The van der Waals surface area contributed by atoms with Gasteiger partial charge in [-0.25, -0.2) is 4.39 Å². The zero-order valence-corrected chi connectivity index (χ0v) is 7.15. The molecule has 0 N–H and O–H groups in total. The van der Waals surface area contributed by atoms with Crippen LogP contribution in [0.1, 0.15) is 40.0 Å². The highest BCUT2D eigenvalue weighted by Crippen LogP contribution is 2.19. The fourth-order valence-electron chi connectivity index (χ4n) is 0.933. The van der Waals surface area contributed by atoms with Gasteiger partial charge in [0.1, 0.15) is 6.17 Å². The molecule has 1 atom stereocenters. The Labute approximate surface area is 63.1 Å². The molecular formula is C9H17F. The minimum Gasteiger partial charge on any atom is -0.247 e. The molecule has 1 heteroatoms. The minimum absolute atomic E-state index is 0.557. The Morgan fingerprint density at radius 3 is 2.40 bits per heavy atom. The Bertz CT molecular complexity index is 105. The molecule has 1 aliphatic carbocycles. The molecule has 0 fully saturated rings. The lowest BCUT2D eigenvalue weighted by Crippen LogP contribution is -2.03. The lowest BCUT2D eigenvalue weighted by molar-refractivity contribution is 0.307. The molecule has 10 heavy (non-hydrogen) atoms. The second kappa shape index (κ2) is 5.45. The Morgan fingerprint density at radius 1 is 1.50 bits per heavy atom. The minimum atomic E-state index is -0.557. The van der Waals surface area contributed by atoms with Crippen molar-refractivity contribution >= 4 is 0 Å². The van der Waals surface area contributed by atoms with Crippen LogP contribution in [-0.4, -0.2) is 6.17 Å². The SMILES string of the molecule is CC.CC1=CCC(F)CC1. The number of allylic oxidation sites excluding steroid dienone is 2. The van der Waals surface area contributed by atoms with E-state index in [-0.39, 0.29) is 0 Å². The first-order valence-corrected chi connectivity index (χ1v) is 4.09. The molecule has 0 saturated carbocycles. The smallest absolute Gasteiger partial charge is 0.104 e. The number of rotatable bonds is 0. The second-order valence-electron chi connectivity index (χ2n) is 2.42. The van der Waals surface area contributed by atoms with Gasteiger partial charge in [-0.2, -0.15) is 0 Å². The van der Waals surface area contributed by atoms with Gasteiger partial charge in [0.15, 0.2) is 0 Å². The highest BCUT2D eigenvalue weighted by atomic mass is 19.1. The maximum absolute atomic E-state index is 12.3. The lowest BCUT2D eigenvalue weighted by atomic mass is 10.00. The molecule has 0 heterocycles. The summed E-state index contributed by atoms with van der Waals surface area (Å²) in [6.45, 7) is 6.06. The Balaban J connectivity index is 0.000000371. The normalized spacial score (nSPS) is 24.4. The van der Waals surface area contributed by atoms with E-state index in [4.69, 9.17) is 0 Å². The third kappa shape index (κ3) is 3.65. The molecule has 0 aromatic heterocycles. The van der Waals surface area contributed by atoms with Crippen molar-refractivity contribution in [1.29, 1.82) is 0 Å². The fourth-order valence-corrected chi connectivity index (χ4v) is 0.933. The van der Waals surface area contributed by atoms with E-state index in [0.29, 0.717) is 6.42 Å². The summed E-state index contributed by atoms with van der Waals surface area (Å²) >= 11 is 0. The summed E-state index contributed by atoms with van der Waals surface area (Å²) in [4.78, 5) is 0. The van der Waals surface area contributed by atoms with Gasteiger partial charge >= 0.3 is 0 Å². The molecule has 0 bridgehead atoms. The summed E-state index contributed by atoms with van der Waals surface area (Å²) in [5.41, 5.74) is 1.35. The molecule has 1 rings (SSSR count). The van der Waals surface area contributed by atoms with E-state index in [1.54, 1.807) is 0 Å². The molecule has 0 aromatic carbocycles. The molecule has 0 saturated heterocycles. The van der Waals surface area contributed by atoms with Crippen molar-refractivity contribution in [2.24, 2.45) is 0 Å². The molecule has 0 aromatic rings. The van der Waals surface area contributed by atoms with Crippen molar-refractivity contribution in [1.82, 2.24) is 0 Å². The van der Waals surface area contributed by atoms with Gasteiger partial charge in [-0.3, -0.25) is 0 Å². The number of alkyl halides is 1. The van der Waals surface area contributed by atoms with Crippen LogP contribution in [0.2, 0.25) is 0 Å². The molecule has 0 nitrogen and oxygen atoms in total. The monoisotopic (exact) mass is 144 g/mol. The third-order valence-corrected chi connectivity index (χ3v) is 1.57. The van der Waals surface area contributed by atoms with Gasteiger partial charge < -0.3 is 0 Å². The topological polar surface area (TPSA) is 0 Å². The molecule has 1 aliphatic rings. The predicted octanol–water partition coefficient (Wildman–Crippen LogP) is 3.48. The Morgan fingerprint density at radius 2 is 2.10 bits per heavy atom. The maximum atomic E-state index is 12.3. The van der Waals surface area contributed by atoms with Crippen LogP contribution >= 0.6 is 0 Å². The summed E-state index contributed by atoms with van der Waals surface area (Å²) < 4.78 is 12.3. The molecule has 1 unspecified atom stereocenters. The molecule has 0 spiro atoms. The van der Waals surface area contributed by atoms with Crippen LogP contribution in [0, 0.1) is 0 Å².